The molecular weight excluding hydrogens is 416 g/mol. The predicted octanol–water partition coefficient (Wildman–Crippen LogP) is 7.18. The Kier molecular flexibility index (Phi) is 4.11. The van der Waals surface area contributed by atoms with E-state index in [-0.39, 0.29) is 0 Å². The summed E-state index contributed by atoms with van der Waals surface area (Å²) in [7, 11) is 0. The van der Waals surface area contributed by atoms with Crippen LogP contribution in [-0.4, -0.2) is 19.1 Å². The number of benzene rings is 4. The smallest absolute Gasteiger partial charge is 0.164 e. The first-order valence-corrected chi connectivity index (χ1v) is 11.4. The van der Waals surface area contributed by atoms with Crippen molar-refractivity contribution >= 4 is 33.0 Å². The fourth-order valence-corrected chi connectivity index (χ4v) is 4.89. The average molecular weight is 437 g/mol. The van der Waals surface area contributed by atoms with Crippen LogP contribution in [0.4, 0.5) is 0 Å². The molecule has 4 aromatic carbocycles. The van der Waals surface area contributed by atoms with Gasteiger partial charge in [0.2, 0.25) is 0 Å². The van der Waals surface area contributed by atoms with Gasteiger partial charge in [-0.2, -0.15) is 0 Å². The third kappa shape index (κ3) is 2.79. The molecule has 4 heteroatoms. The van der Waals surface area contributed by atoms with Crippen LogP contribution < -0.4 is 0 Å². The Labute approximate surface area is 196 Å². The summed E-state index contributed by atoms with van der Waals surface area (Å²) in [4.78, 5) is 9.57. The number of para-hydroxylation sites is 3. The van der Waals surface area contributed by atoms with Crippen LogP contribution in [0.25, 0.3) is 55.7 Å². The SMILES string of the molecule is c1ccc(-n2c(-c3ccc(-n4c5ccccc5c5ccccc54)cc3)nc3cccnc32)cc1. The van der Waals surface area contributed by atoms with Crippen LogP contribution in [0.1, 0.15) is 0 Å². The van der Waals surface area contributed by atoms with Gasteiger partial charge in [0.1, 0.15) is 11.3 Å². The molecule has 0 unspecified atom stereocenters. The Morgan fingerprint density at radius 3 is 1.82 bits per heavy atom. The normalized spacial score (nSPS) is 11.5. The zero-order valence-corrected chi connectivity index (χ0v) is 18.3. The number of nitrogens with zero attached hydrogens (tertiary/aromatic N) is 4. The van der Waals surface area contributed by atoms with Crippen LogP contribution in [-0.2, 0) is 0 Å². The summed E-state index contributed by atoms with van der Waals surface area (Å²) in [6.45, 7) is 0. The predicted molar refractivity (Wildman–Crippen MR) is 139 cm³/mol. The Morgan fingerprint density at radius 1 is 0.500 bits per heavy atom. The lowest BCUT2D eigenvalue weighted by atomic mass is 10.1. The van der Waals surface area contributed by atoms with E-state index in [1.165, 1.54) is 21.8 Å². The van der Waals surface area contributed by atoms with Gasteiger partial charge in [0, 0.05) is 33.9 Å². The van der Waals surface area contributed by atoms with Gasteiger partial charge in [-0.05, 0) is 60.7 Å². The van der Waals surface area contributed by atoms with Crippen molar-refractivity contribution in [2.45, 2.75) is 0 Å². The standard InChI is InChI=1S/C30H20N4/c1-2-9-22(10-3-1)34-29(32-26-13-8-20-31-30(26)34)21-16-18-23(19-17-21)33-27-14-6-4-11-24(27)25-12-5-7-15-28(25)33/h1-20H. The van der Waals surface area contributed by atoms with Crippen molar-refractivity contribution in [1.82, 2.24) is 19.1 Å². The minimum atomic E-state index is 0.857. The van der Waals surface area contributed by atoms with Gasteiger partial charge in [-0.3, -0.25) is 4.57 Å². The highest BCUT2D eigenvalue weighted by Crippen LogP contribution is 2.33. The lowest BCUT2D eigenvalue weighted by Crippen LogP contribution is -1.99. The molecule has 4 nitrogen and oxygen atoms in total. The van der Waals surface area contributed by atoms with E-state index in [0.29, 0.717) is 0 Å². The molecule has 0 spiro atoms. The van der Waals surface area contributed by atoms with Gasteiger partial charge in [0.15, 0.2) is 5.65 Å². The number of rotatable bonds is 3. The van der Waals surface area contributed by atoms with Gasteiger partial charge in [0.05, 0.1) is 11.0 Å². The topological polar surface area (TPSA) is 35.6 Å². The van der Waals surface area contributed by atoms with Gasteiger partial charge in [0.25, 0.3) is 0 Å². The first kappa shape index (κ1) is 18.8. The van der Waals surface area contributed by atoms with Crippen molar-refractivity contribution in [2.24, 2.45) is 0 Å². The van der Waals surface area contributed by atoms with E-state index in [4.69, 9.17) is 4.98 Å². The summed E-state index contributed by atoms with van der Waals surface area (Å²) in [6.07, 6.45) is 1.82. The second-order valence-corrected chi connectivity index (χ2v) is 8.37. The van der Waals surface area contributed by atoms with Gasteiger partial charge >= 0.3 is 0 Å². The van der Waals surface area contributed by atoms with Crippen LogP contribution >= 0.6 is 0 Å². The van der Waals surface area contributed by atoms with Crippen molar-refractivity contribution in [3.63, 3.8) is 0 Å². The fourth-order valence-electron chi connectivity index (χ4n) is 4.89. The first-order chi connectivity index (χ1) is 16.9. The lowest BCUT2D eigenvalue weighted by molar-refractivity contribution is 1.08. The number of fused-ring (bicyclic) bond motifs is 4. The molecule has 7 aromatic rings. The molecule has 0 aliphatic carbocycles. The van der Waals surface area contributed by atoms with Crippen molar-refractivity contribution in [3.8, 4) is 22.8 Å². The Morgan fingerprint density at radius 2 is 1.12 bits per heavy atom. The number of aromatic nitrogens is 4. The van der Waals surface area contributed by atoms with Gasteiger partial charge in [-0.25, -0.2) is 9.97 Å². The van der Waals surface area contributed by atoms with E-state index in [9.17, 15) is 0 Å². The van der Waals surface area contributed by atoms with Gasteiger partial charge in [-0.15, -0.1) is 0 Å². The molecule has 0 aliphatic heterocycles. The third-order valence-corrected chi connectivity index (χ3v) is 6.39. The average Bonchev–Trinajstić information content (AvgIpc) is 3.46. The molecule has 0 radical (unpaired) electrons. The number of hydrogen-bond acceptors (Lipinski definition) is 2. The zero-order chi connectivity index (χ0) is 22.5. The van der Waals surface area contributed by atoms with E-state index in [1.54, 1.807) is 0 Å². The van der Waals surface area contributed by atoms with Crippen LogP contribution in [0, 0.1) is 0 Å². The highest BCUT2D eigenvalue weighted by molar-refractivity contribution is 6.09. The maximum atomic E-state index is 4.95. The number of imidazole rings is 1. The van der Waals surface area contributed by atoms with Crippen LogP contribution in [0.15, 0.2) is 121 Å². The highest BCUT2D eigenvalue weighted by atomic mass is 15.1. The third-order valence-electron chi connectivity index (χ3n) is 6.39. The molecule has 34 heavy (non-hydrogen) atoms. The number of hydrogen-bond donors (Lipinski definition) is 0. The molecule has 0 saturated carbocycles. The second kappa shape index (κ2) is 7.42. The Hall–Kier alpha value is -4.70. The van der Waals surface area contributed by atoms with Crippen LogP contribution in [0.5, 0.6) is 0 Å². The van der Waals surface area contributed by atoms with Crippen LogP contribution in [0.2, 0.25) is 0 Å². The molecular formula is C30H20N4. The van der Waals surface area contributed by atoms with Crippen molar-refractivity contribution < 1.29 is 0 Å². The van der Waals surface area contributed by atoms with Crippen molar-refractivity contribution in [2.75, 3.05) is 0 Å². The molecule has 0 N–H and O–H groups in total. The summed E-state index contributed by atoms with van der Waals surface area (Å²) in [5, 5.41) is 2.53. The number of pyridine rings is 1. The highest BCUT2D eigenvalue weighted by Gasteiger charge is 2.16. The summed E-state index contributed by atoms with van der Waals surface area (Å²) < 4.78 is 4.46. The summed E-state index contributed by atoms with van der Waals surface area (Å²) in [5.74, 6) is 0.883. The lowest BCUT2D eigenvalue weighted by Gasteiger charge is -2.11. The van der Waals surface area contributed by atoms with Gasteiger partial charge < -0.3 is 4.57 Å². The monoisotopic (exact) mass is 436 g/mol. The molecule has 160 valence electrons. The van der Waals surface area contributed by atoms with E-state index < -0.39 is 0 Å². The minimum Gasteiger partial charge on any atom is -0.309 e. The molecule has 3 heterocycles. The van der Waals surface area contributed by atoms with E-state index in [0.717, 1.165) is 33.9 Å². The molecule has 0 amide bonds. The Balaban J connectivity index is 1.42. The molecule has 0 aliphatic rings. The first-order valence-electron chi connectivity index (χ1n) is 11.4. The van der Waals surface area contributed by atoms with Crippen molar-refractivity contribution in [1.29, 1.82) is 0 Å². The molecule has 0 saturated heterocycles. The Bertz CT molecular complexity index is 1740. The molecule has 3 aromatic heterocycles. The fraction of sp³-hybridized carbons (Fsp3) is 0. The summed E-state index contributed by atoms with van der Waals surface area (Å²) in [6, 6.07) is 40.0. The molecule has 0 fully saturated rings. The van der Waals surface area contributed by atoms with Gasteiger partial charge in [-0.1, -0.05) is 54.6 Å². The van der Waals surface area contributed by atoms with E-state index in [2.05, 4.69) is 99.0 Å². The molecule has 0 bridgehead atoms. The van der Waals surface area contributed by atoms with Crippen LogP contribution in [0.3, 0.4) is 0 Å². The van der Waals surface area contributed by atoms with E-state index >= 15 is 0 Å². The molecule has 7 rings (SSSR count). The zero-order valence-electron chi connectivity index (χ0n) is 18.3. The summed E-state index contributed by atoms with van der Waals surface area (Å²) in [5.41, 5.74) is 7.37. The maximum absolute atomic E-state index is 4.95. The maximum Gasteiger partial charge on any atom is 0.164 e. The quantitative estimate of drug-likeness (QED) is 0.294. The second-order valence-electron chi connectivity index (χ2n) is 8.37. The summed E-state index contributed by atoms with van der Waals surface area (Å²) >= 11 is 0. The minimum absolute atomic E-state index is 0.857. The largest absolute Gasteiger partial charge is 0.309 e. The van der Waals surface area contributed by atoms with Crippen molar-refractivity contribution in [3.05, 3.63) is 121 Å². The van der Waals surface area contributed by atoms with E-state index in [1.807, 2.05) is 36.5 Å². The molecule has 0 atom stereocenters.